The summed E-state index contributed by atoms with van der Waals surface area (Å²) in [6, 6.07) is 3.46. The van der Waals surface area contributed by atoms with E-state index >= 15 is 0 Å². The Balaban J connectivity index is 2.17. The van der Waals surface area contributed by atoms with Crippen molar-refractivity contribution in [3.05, 3.63) is 23.5 Å². The highest BCUT2D eigenvalue weighted by Crippen LogP contribution is 2.22. The zero-order chi connectivity index (χ0) is 11.5. The lowest BCUT2D eigenvalue weighted by Gasteiger charge is -2.19. The van der Waals surface area contributed by atoms with Gasteiger partial charge in [-0.2, -0.15) is 10.2 Å². The van der Waals surface area contributed by atoms with E-state index in [1.54, 1.807) is 12.1 Å². The number of carbonyl (C=O) groups is 2. The number of nitrogens with one attached hydrogen (secondary N) is 1. The first-order chi connectivity index (χ1) is 7.70. The average molecular weight is 240 g/mol. The minimum Gasteiger partial charge on any atom is -0.296 e. The van der Waals surface area contributed by atoms with Gasteiger partial charge in [0.25, 0.3) is 0 Å². The second-order valence-corrected chi connectivity index (χ2v) is 3.85. The molecule has 2 rings (SSSR count). The molecule has 2 amide bonds. The Bertz CT molecular complexity index is 419. The third-order valence-corrected chi connectivity index (χ3v) is 2.75. The number of aromatic nitrogens is 2. The summed E-state index contributed by atoms with van der Waals surface area (Å²) in [4.78, 5) is 22.5. The molecule has 1 N–H and O–H groups in total. The van der Waals surface area contributed by atoms with Crippen LogP contribution in [-0.2, 0) is 15.5 Å². The van der Waals surface area contributed by atoms with Gasteiger partial charge in [0.15, 0.2) is 0 Å². The first-order valence-corrected chi connectivity index (χ1v) is 5.46. The van der Waals surface area contributed by atoms with Crippen molar-refractivity contribution in [2.75, 3.05) is 0 Å². The number of nitrogens with zero attached hydrogens (tertiary/aromatic N) is 2. The standard InChI is InChI=1S/C10H10ClN3O2/c11-5-6-1-3-8(14-13-6)7-2-4-9(15)12-10(7)16/h1,3,7H,2,4-5H2,(H,12,15,16). The van der Waals surface area contributed by atoms with Crippen molar-refractivity contribution < 1.29 is 9.59 Å². The van der Waals surface area contributed by atoms with Crippen LogP contribution >= 0.6 is 11.6 Å². The van der Waals surface area contributed by atoms with Crippen LogP contribution in [0.25, 0.3) is 0 Å². The summed E-state index contributed by atoms with van der Waals surface area (Å²) in [5.41, 5.74) is 1.25. The molecule has 0 radical (unpaired) electrons. The first-order valence-electron chi connectivity index (χ1n) is 4.93. The van der Waals surface area contributed by atoms with Crippen LogP contribution in [0.1, 0.15) is 30.1 Å². The van der Waals surface area contributed by atoms with Gasteiger partial charge >= 0.3 is 0 Å². The topological polar surface area (TPSA) is 72.0 Å². The van der Waals surface area contributed by atoms with Crippen molar-refractivity contribution in [1.29, 1.82) is 0 Å². The van der Waals surface area contributed by atoms with Gasteiger partial charge in [0, 0.05) is 6.42 Å². The molecule has 1 unspecified atom stereocenters. The fourth-order valence-corrected chi connectivity index (χ4v) is 1.75. The molecule has 0 aromatic carbocycles. The van der Waals surface area contributed by atoms with Crippen LogP contribution in [0.2, 0.25) is 0 Å². The van der Waals surface area contributed by atoms with Crippen molar-refractivity contribution in [3.8, 4) is 0 Å². The molecule has 84 valence electrons. The number of rotatable bonds is 2. The summed E-state index contributed by atoms with van der Waals surface area (Å²) in [5.74, 6) is -0.617. The fourth-order valence-electron chi connectivity index (χ4n) is 1.60. The monoisotopic (exact) mass is 239 g/mol. The highest BCUT2D eigenvalue weighted by Gasteiger charge is 2.29. The molecular weight excluding hydrogens is 230 g/mol. The van der Waals surface area contributed by atoms with Crippen LogP contribution < -0.4 is 5.32 Å². The molecule has 1 aromatic rings. The van der Waals surface area contributed by atoms with Crippen molar-refractivity contribution in [3.63, 3.8) is 0 Å². The molecule has 1 aromatic heterocycles. The molecule has 16 heavy (non-hydrogen) atoms. The van der Waals surface area contributed by atoms with Gasteiger partial charge in [0.1, 0.15) is 0 Å². The van der Waals surface area contributed by atoms with E-state index in [-0.39, 0.29) is 17.7 Å². The average Bonchev–Trinajstić information content (AvgIpc) is 2.29. The lowest BCUT2D eigenvalue weighted by Crippen LogP contribution is -2.39. The van der Waals surface area contributed by atoms with E-state index in [1.165, 1.54) is 0 Å². The van der Waals surface area contributed by atoms with Crippen LogP contribution in [0.3, 0.4) is 0 Å². The third-order valence-electron chi connectivity index (χ3n) is 2.47. The van der Waals surface area contributed by atoms with Gasteiger partial charge in [-0.15, -0.1) is 11.6 Å². The fraction of sp³-hybridized carbons (Fsp3) is 0.400. The Labute approximate surface area is 97.2 Å². The van der Waals surface area contributed by atoms with Crippen LogP contribution in [0.4, 0.5) is 0 Å². The number of alkyl halides is 1. The largest absolute Gasteiger partial charge is 0.296 e. The Hall–Kier alpha value is -1.49. The van der Waals surface area contributed by atoms with Gasteiger partial charge in [0.2, 0.25) is 11.8 Å². The van der Waals surface area contributed by atoms with Crippen LogP contribution in [0.15, 0.2) is 12.1 Å². The van der Waals surface area contributed by atoms with Crippen LogP contribution in [0.5, 0.6) is 0 Å². The van der Waals surface area contributed by atoms with Gasteiger partial charge in [-0.05, 0) is 18.6 Å². The summed E-state index contributed by atoms with van der Waals surface area (Å²) < 4.78 is 0. The molecule has 0 spiro atoms. The zero-order valence-electron chi connectivity index (χ0n) is 8.44. The minimum absolute atomic E-state index is 0.230. The van der Waals surface area contributed by atoms with Gasteiger partial charge < -0.3 is 0 Å². The van der Waals surface area contributed by atoms with E-state index in [9.17, 15) is 9.59 Å². The number of halogens is 1. The number of amides is 2. The molecule has 0 aliphatic carbocycles. The summed E-state index contributed by atoms with van der Waals surface area (Å²) in [6.45, 7) is 0. The van der Waals surface area contributed by atoms with Crippen molar-refractivity contribution in [2.45, 2.75) is 24.6 Å². The SMILES string of the molecule is O=C1CCC(c2ccc(CCl)nn2)C(=O)N1. The number of carbonyl (C=O) groups excluding carboxylic acids is 2. The van der Waals surface area contributed by atoms with Crippen LogP contribution in [0, 0.1) is 0 Å². The predicted molar refractivity (Wildman–Crippen MR) is 56.7 cm³/mol. The Morgan fingerprint density at radius 1 is 1.38 bits per heavy atom. The molecule has 1 saturated heterocycles. The molecule has 2 heterocycles. The van der Waals surface area contributed by atoms with Gasteiger partial charge in [-0.3, -0.25) is 14.9 Å². The summed E-state index contributed by atoms with van der Waals surface area (Å²) in [6.07, 6.45) is 0.828. The molecule has 5 nitrogen and oxygen atoms in total. The van der Waals surface area contributed by atoms with Gasteiger partial charge in [-0.1, -0.05) is 0 Å². The quantitative estimate of drug-likeness (QED) is 0.610. The summed E-state index contributed by atoms with van der Waals surface area (Å²) in [7, 11) is 0. The Morgan fingerprint density at radius 2 is 2.19 bits per heavy atom. The second kappa shape index (κ2) is 4.57. The number of imide groups is 1. The normalized spacial score (nSPS) is 20.7. The number of hydrogen-bond donors (Lipinski definition) is 1. The van der Waals surface area contributed by atoms with E-state index in [4.69, 9.17) is 11.6 Å². The highest BCUT2D eigenvalue weighted by atomic mass is 35.5. The van der Waals surface area contributed by atoms with Gasteiger partial charge in [0.05, 0.1) is 23.2 Å². The molecular formula is C10H10ClN3O2. The molecule has 1 aliphatic rings. The number of piperidine rings is 1. The maximum Gasteiger partial charge on any atom is 0.235 e. The predicted octanol–water partition coefficient (Wildman–Crippen LogP) is 0.736. The third kappa shape index (κ3) is 2.19. The maximum atomic E-state index is 11.5. The van der Waals surface area contributed by atoms with E-state index in [0.29, 0.717) is 30.1 Å². The van der Waals surface area contributed by atoms with E-state index < -0.39 is 0 Å². The van der Waals surface area contributed by atoms with E-state index in [1.807, 2.05) is 0 Å². The Kier molecular flexibility index (Phi) is 3.14. The maximum absolute atomic E-state index is 11.5. The summed E-state index contributed by atoms with van der Waals surface area (Å²) >= 11 is 5.59. The lowest BCUT2D eigenvalue weighted by atomic mass is 9.94. The molecule has 1 aliphatic heterocycles. The van der Waals surface area contributed by atoms with Crippen molar-refractivity contribution >= 4 is 23.4 Å². The minimum atomic E-state index is -0.380. The highest BCUT2D eigenvalue weighted by molar-refractivity contribution is 6.16. The van der Waals surface area contributed by atoms with Crippen molar-refractivity contribution in [2.24, 2.45) is 0 Å². The Morgan fingerprint density at radius 3 is 2.75 bits per heavy atom. The number of hydrogen-bond acceptors (Lipinski definition) is 4. The molecule has 1 fully saturated rings. The lowest BCUT2D eigenvalue weighted by molar-refractivity contribution is -0.134. The molecule has 1 atom stereocenters. The van der Waals surface area contributed by atoms with Gasteiger partial charge in [-0.25, -0.2) is 0 Å². The van der Waals surface area contributed by atoms with Crippen LogP contribution in [-0.4, -0.2) is 22.0 Å². The molecule has 0 bridgehead atoms. The summed E-state index contributed by atoms with van der Waals surface area (Å²) in [5, 5.41) is 10.1. The van der Waals surface area contributed by atoms with Crippen molar-refractivity contribution in [1.82, 2.24) is 15.5 Å². The molecule has 6 heteroatoms. The second-order valence-electron chi connectivity index (χ2n) is 3.59. The zero-order valence-corrected chi connectivity index (χ0v) is 9.20. The smallest absolute Gasteiger partial charge is 0.235 e. The van der Waals surface area contributed by atoms with E-state index in [2.05, 4.69) is 15.5 Å². The van der Waals surface area contributed by atoms with E-state index in [0.717, 1.165) is 0 Å². The molecule has 0 saturated carbocycles. The first kappa shape index (κ1) is 11.0.